The van der Waals surface area contributed by atoms with Gasteiger partial charge in [0.1, 0.15) is 5.75 Å². The van der Waals surface area contributed by atoms with E-state index in [2.05, 4.69) is 4.98 Å². The molecule has 0 unspecified atom stereocenters. The molecule has 0 radical (unpaired) electrons. The maximum Gasteiger partial charge on any atom is 0.122 e. The first kappa shape index (κ1) is 11.5. The summed E-state index contributed by atoms with van der Waals surface area (Å²) in [6, 6.07) is 17.3. The number of fused-ring (bicyclic) bond motifs is 1. The lowest BCUT2D eigenvalue weighted by molar-refractivity contribution is 0.474. The van der Waals surface area contributed by atoms with Gasteiger partial charge in [-0.3, -0.25) is 4.98 Å². The minimum atomic E-state index is 0.289. The van der Waals surface area contributed by atoms with Crippen LogP contribution in [0, 0.1) is 0 Å². The van der Waals surface area contributed by atoms with E-state index in [4.69, 9.17) is 0 Å². The number of rotatable bonds is 2. The number of aromatic nitrogens is 1. The summed E-state index contributed by atoms with van der Waals surface area (Å²) < 4.78 is 0. The molecule has 0 amide bonds. The molecule has 2 nitrogen and oxygen atoms in total. The summed E-state index contributed by atoms with van der Waals surface area (Å²) in [5.74, 6) is 0.289. The number of phenolic OH excluding ortho intramolecular Hbond substituents is 1. The van der Waals surface area contributed by atoms with E-state index in [1.807, 2.05) is 60.7 Å². The highest BCUT2D eigenvalue weighted by Crippen LogP contribution is 2.21. The van der Waals surface area contributed by atoms with Gasteiger partial charge in [0, 0.05) is 17.1 Å². The van der Waals surface area contributed by atoms with Crippen molar-refractivity contribution < 1.29 is 5.11 Å². The monoisotopic (exact) mass is 247 g/mol. The molecular formula is C17H13NO. The molecule has 3 aromatic rings. The van der Waals surface area contributed by atoms with Crippen LogP contribution in [0.15, 0.2) is 60.8 Å². The van der Waals surface area contributed by atoms with Crippen LogP contribution < -0.4 is 0 Å². The quantitative estimate of drug-likeness (QED) is 0.739. The number of aromatic hydroxyl groups is 1. The second-order valence-corrected chi connectivity index (χ2v) is 4.31. The van der Waals surface area contributed by atoms with Gasteiger partial charge in [-0.25, -0.2) is 0 Å². The summed E-state index contributed by atoms with van der Waals surface area (Å²) in [5.41, 5.74) is 2.87. The zero-order chi connectivity index (χ0) is 13.1. The summed E-state index contributed by atoms with van der Waals surface area (Å²) in [4.78, 5) is 4.33. The average Bonchev–Trinajstić information content (AvgIpc) is 2.46. The largest absolute Gasteiger partial charge is 0.507 e. The molecule has 0 aliphatic carbocycles. The lowest BCUT2D eigenvalue weighted by Gasteiger charge is -2.01. The summed E-state index contributed by atoms with van der Waals surface area (Å²) >= 11 is 0. The first-order valence-corrected chi connectivity index (χ1v) is 6.14. The molecule has 1 aromatic heterocycles. The predicted molar refractivity (Wildman–Crippen MR) is 78.8 cm³/mol. The lowest BCUT2D eigenvalue weighted by Crippen LogP contribution is -1.81. The third kappa shape index (κ3) is 2.33. The Morgan fingerprint density at radius 2 is 1.53 bits per heavy atom. The fraction of sp³-hybridized carbons (Fsp3) is 0. The van der Waals surface area contributed by atoms with Crippen molar-refractivity contribution in [2.75, 3.05) is 0 Å². The first-order chi connectivity index (χ1) is 9.34. The number of hydrogen-bond donors (Lipinski definition) is 1. The average molecular weight is 247 g/mol. The van der Waals surface area contributed by atoms with Crippen LogP contribution in [0.4, 0.5) is 0 Å². The zero-order valence-corrected chi connectivity index (χ0v) is 10.3. The summed E-state index contributed by atoms with van der Waals surface area (Å²) in [7, 11) is 0. The Labute approximate surface area is 111 Å². The molecule has 0 saturated heterocycles. The molecule has 0 bridgehead atoms. The highest BCUT2D eigenvalue weighted by Gasteiger charge is 1.98. The van der Waals surface area contributed by atoms with Gasteiger partial charge in [-0.1, -0.05) is 48.6 Å². The SMILES string of the molecule is Oc1ccccc1/C=C/c1ccnc2ccccc12. The molecule has 0 atom stereocenters. The van der Waals surface area contributed by atoms with Gasteiger partial charge in [0.05, 0.1) is 5.52 Å². The topological polar surface area (TPSA) is 33.1 Å². The molecule has 0 spiro atoms. The van der Waals surface area contributed by atoms with Crippen molar-refractivity contribution in [2.24, 2.45) is 0 Å². The maximum atomic E-state index is 9.74. The number of para-hydroxylation sites is 2. The number of phenols is 1. The molecule has 92 valence electrons. The Morgan fingerprint density at radius 3 is 2.42 bits per heavy atom. The van der Waals surface area contributed by atoms with E-state index >= 15 is 0 Å². The van der Waals surface area contributed by atoms with E-state index in [0.29, 0.717) is 0 Å². The van der Waals surface area contributed by atoms with Crippen LogP contribution in [0.3, 0.4) is 0 Å². The van der Waals surface area contributed by atoms with Gasteiger partial charge >= 0.3 is 0 Å². The van der Waals surface area contributed by atoms with Crippen molar-refractivity contribution in [3.05, 3.63) is 71.9 Å². The standard InChI is InChI=1S/C17H13NO/c19-17-8-4-1-5-14(17)10-9-13-11-12-18-16-7-3-2-6-15(13)16/h1-12,19H/b10-9+. The molecule has 0 aliphatic rings. The minimum Gasteiger partial charge on any atom is -0.507 e. The molecule has 1 N–H and O–H groups in total. The van der Waals surface area contributed by atoms with Gasteiger partial charge in [-0.2, -0.15) is 0 Å². The van der Waals surface area contributed by atoms with Crippen molar-refractivity contribution in [2.45, 2.75) is 0 Å². The zero-order valence-electron chi connectivity index (χ0n) is 10.3. The number of benzene rings is 2. The summed E-state index contributed by atoms with van der Waals surface area (Å²) in [6.07, 6.45) is 5.71. The molecule has 2 aromatic carbocycles. The van der Waals surface area contributed by atoms with Gasteiger partial charge in [0.2, 0.25) is 0 Å². The first-order valence-electron chi connectivity index (χ1n) is 6.14. The summed E-state index contributed by atoms with van der Waals surface area (Å²) in [5, 5.41) is 10.8. The molecule has 1 heterocycles. The van der Waals surface area contributed by atoms with E-state index in [1.54, 1.807) is 12.3 Å². The lowest BCUT2D eigenvalue weighted by atomic mass is 10.1. The highest BCUT2D eigenvalue weighted by atomic mass is 16.3. The van der Waals surface area contributed by atoms with Crippen LogP contribution in [0.5, 0.6) is 5.75 Å². The second-order valence-electron chi connectivity index (χ2n) is 4.31. The van der Waals surface area contributed by atoms with Crippen LogP contribution in [0.25, 0.3) is 23.1 Å². The Hall–Kier alpha value is -2.61. The normalized spacial score (nSPS) is 11.2. The molecule has 0 fully saturated rings. The predicted octanol–water partition coefficient (Wildman–Crippen LogP) is 4.11. The van der Waals surface area contributed by atoms with Crippen molar-refractivity contribution in [3.63, 3.8) is 0 Å². The molecule has 2 heteroatoms. The van der Waals surface area contributed by atoms with Gasteiger partial charge in [-0.05, 0) is 23.8 Å². The molecule has 0 aliphatic heterocycles. The van der Waals surface area contributed by atoms with Crippen LogP contribution in [-0.4, -0.2) is 10.1 Å². The van der Waals surface area contributed by atoms with E-state index < -0.39 is 0 Å². The smallest absolute Gasteiger partial charge is 0.122 e. The van der Waals surface area contributed by atoms with Gasteiger partial charge < -0.3 is 5.11 Å². The Bertz CT molecular complexity index is 742. The Morgan fingerprint density at radius 1 is 0.789 bits per heavy atom. The highest BCUT2D eigenvalue weighted by molar-refractivity contribution is 5.90. The number of pyridine rings is 1. The van der Waals surface area contributed by atoms with E-state index in [9.17, 15) is 5.11 Å². The molecule has 19 heavy (non-hydrogen) atoms. The Kier molecular flexibility index (Phi) is 2.99. The number of nitrogens with zero attached hydrogens (tertiary/aromatic N) is 1. The van der Waals surface area contributed by atoms with Crippen molar-refractivity contribution >= 4 is 23.1 Å². The van der Waals surface area contributed by atoms with E-state index in [-0.39, 0.29) is 5.75 Å². The van der Waals surface area contributed by atoms with E-state index in [1.165, 1.54) is 0 Å². The van der Waals surface area contributed by atoms with Crippen LogP contribution in [-0.2, 0) is 0 Å². The second kappa shape index (κ2) is 4.94. The van der Waals surface area contributed by atoms with Crippen LogP contribution in [0.1, 0.15) is 11.1 Å². The summed E-state index contributed by atoms with van der Waals surface area (Å²) in [6.45, 7) is 0. The third-order valence-corrected chi connectivity index (χ3v) is 3.06. The molecule has 3 rings (SSSR count). The molecule has 0 saturated carbocycles. The van der Waals surface area contributed by atoms with Gasteiger partial charge in [0.15, 0.2) is 0 Å². The molecular weight excluding hydrogens is 234 g/mol. The fourth-order valence-electron chi connectivity index (χ4n) is 2.07. The number of hydrogen-bond acceptors (Lipinski definition) is 2. The van der Waals surface area contributed by atoms with E-state index in [0.717, 1.165) is 22.0 Å². The van der Waals surface area contributed by atoms with Crippen molar-refractivity contribution in [1.82, 2.24) is 4.98 Å². The van der Waals surface area contributed by atoms with Crippen LogP contribution >= 0.6 is 0 Å². The maximum absolute atomic E-state index is 9.74. The van der Waals surface area contributed by atoms with Crippen molar-refractivity contribution in [3.8, 4) is 5.75 Å². The van der Waals surface area contributed by atoms with Crippen LogP contribution in [0.2, 0.25) is 0 Å². The van der Waals surface area contributed by atoms with Gasteiger partial charge in [-0.15, -0.1) is 0 Å². The third-order valence-electron chi connectivity index (χ3n) is 3.06. The minimum absolute atomic E-state index is 0.289. The van der Waals surface area contributed by atoms with Gasteiger partial charge in [0.25, 0.3) is 0 Å². The fourth-order valence-corrected chi connectivity index (χ4v) is 2.07. The Balaban J connectivity index is 2.04. The van der Waals surface area contributed by atoms with Crippen molar-refractivity contribution in [1.29, 1.82) is 0 Å².